The topological polar surface area (TPSA) is 41.9 Å². The Morgan fingerprint density at radius 2 is 2.00 bits per heavy atom. The summed E-state index contributed by atoms with van der Waals surface area (Å²) in [4.78, 5) is 2.49. The Labute approximate surface area is 121 Å². The monoisotopic (exact) mass is 281 g/mol. The van der Waals surface area contributed by atoms with Gasteiger partial charge in [0, 0.05) is 18.0 Å². The maximum Gasteiger partial charge on any atom is 0.157 e. The average molecular weight is 281 g/mol. The van der Waals surface area contributed by atoms with Crippen molar-refractivity contribution in [1.82, 2.24) is 4.90 Å². The lowest BCUT2D eigenvalue weighted by molar-refractivity contribution is -0.183. The van der Waals surface area contributed by atoms with Gasteiger partial charge in [0.1, 0.15) is 0 Å². The molecular formula is C16H27NO3. The molecule has 2 fully saturated rings. The maximum absolute atomic E-state index is 10.5. The van der Waals surface area contributed by atoms with Gasteiger partial charge in [0.2, 0.25) is 0 Å². The zero-order chi connectivity index (χ0) is 14.1. The maximum atomic E-state index is 10.5. The van der Waals surface area contributed by atoms with Gasteiger partial charge in [-0.25, -0.2) is 0 Å². The van der Waals surface area contributed by atoms with Crippen molar-refractivity contribution >= 4 is 0 Å². The molecule has 0 unspecified atom stereocenters. The second-order valence-corrected chi connectivity index (χ2v) is 6.52. The molecule has 2 heterocycles. The molecule has 0 radical (unpaired) electrons. The molecule has 0 aromatic rings. The van der Waals surface area contributed by atoms with Crippen LogP contribution in [0.5, 0.6) is 0 Å². The van der Waals surface area contributed by atoms with Crippen LogP contribution in [0.4, 0.5) is 0 Å². The van der Waals surface area contributed by atoms with E-state index < -0.39 is 0 Å². The highest BCUT2D eigenvalue weighted by atomic mass is 16.7. The minimum absolute atomic E-state index is 0.0386. The summed E-state index contributed by atoms with van der Waals surface area (Å²) in [5.74, 6) is 0.371. The lowest BCUT2D eigenvalue weighted by Crippen LogP contribution is -2.42. The molecule has 3 aliphatic rings. The first-order valence-electron chi connectivity index (χ1n) is 8.04. The van der Waals surface area contributed by atoms with Crippen molar-refractivity contribution in [2.24, 2.45) is 5.92 Å². The van der Waals surface area contributed by atoms with Crippen LogP contribution in [0.2, 0.25) is 0 Å². The molecule has 3 rings (SSSR count). The van der Waals surface area contributed by atoms with Gasteiger partial charge >= 0.3 is 0 Å². The average Bonchev–Trinajstić information content (AvgIpc) is 2.61. The standard InChI is InChI=1S/C16H27NO3/c1-11(2)17-13(7-8-15-19-9-4-10-20-15)12-5-3-6-14(17)16(12)18/h3,6,11-16,18H,4-5,7-10H2,1-2H3/t12-,13-,14-,16+/m1/s1. The van der Waals surface area contributed by atoms with Crippen LogP contribution < -0.4 is 0 Å². The third-order valence-corrected chi connectivity index (χ3v) is 4.94. The Morgan fingerprint density at radius 1 is 1.25 bits per heavy atom. The molecule has 0 aromatic heterocycles. The fourth-order valence-corrected chi connectivity index (χ4v) is 4.08. The molecule has 20 heavy (non-hydrogen) atoms. The number of ether oxygens (including phenoxy) is 2. The van der Waals surface area contributed by atoms with Crippen LogP contribution >= 0.6 is 0 Å². The van der Waals surface area contributed by atoms with Crippen molar-refractivity contribution in [2.75, 3.05) is 13.2 Å². The summed E-state index contributed by atoms with van der Waals surface area (Å²) in [5, 5.41) is 10.5. The van der Waals surface area contributed by atoms with Crippen LogP contribution in [0.25, 0.3) is 0 Å². The summed E-state index contributed by atoms with van der Waals surface area (Å²) in [6.07, 6.45) is 8.17. The molecule has 0 saturated carbocycles. The number of fused-ring (bicyclic) bond motifs is 2. The third kappa shape index (κ3) is 2.67. The van der Waals surface area contributed by atoms with Crippen molar-refractivity contribution in [3.8, 4) is 0 Å². The summed E-state index contributed by atoms with van der Waals surface area (Å²) >= 11 is 0. The van der Waals surface area contributed by atoms with Gasteiger partial charge in [0.05, 0.1) is 25.4 Å². The fraction of sp³-hybridized carbons (Fsp3) is 0.875. The molecule has 0 amide bonds. The van der Waals surface area contributed by atoms with Gasteiger partial charge < -0.3 is 14.6 Å². The number of hydrogen-bond donors (Lipinski definition) is 1. The van der Waals surface area contributed by atoms with Gasteiger partial charge in [-0.15, -0.1) is 0 Å². The smallest absolute Gasteiger partial charge is 0.157 e. The van der Waals surface area contributed by atoms with Gasteiger partial charge in [-0.05, 0) is 39.5 Å². The first-order chi connectivity index (χ1) is 9.68. The number of rotatable bonds is 4. The summed E-state index contributed by atoms with van der Waals surface area (Å²) in [6.45, 7) is 6.09. The Kier molecular flexibility index (Phi) is 4.46. The van der Waals surface area contributed by atoms with Gasteiger partial charge in [0.25, 0.3) is 0 Å². The van der Waals surface area contributed by atoms with Crippen LogP contribution in [0, 0.1) is 5.92 Å². The highest BCUT2D eigenvalue weighted by molar-refractivity contribution is 5.15. The quantitative estimate of drug-likeness (QED) is 0.800. The minimum atomic E-state index is -0.208. The largest absolute Gasteiger partial charge is 0.391 e. The van der Waals surface area contributed by atoms with E-state index in [-0.39, 0.29) is 18.4 Å². The van der Waals surface area contributed by atoms with Crippen LogP contribution in [0.3, 0.4) is 0 Å². The number of likely N-dealkylation sites (tertiary alicyclic amines) is 1. The first kappa shape index (κ1) is 14.5. The van der Waals surface area contributed by atoms with Crippen LogP contribution in [-0.4, -0.2) is 53.7 Å². The number of hydrogen-bond acceptors (Lipinski definition) is 4. The predicted octanol–water partition coefficient (Wildman–Crippen LogP) is 1.93. The molecular weight excluding hydrogens is 254 g/mol. The Balaban J connectivity index is 1.64. The van der Waals surface area contributed by atoms with Crippen molar-refractivity contribution in [2.45, 2.75) is 70.1 Å². The van der Waals surface area contributed by atoms with Gasteiger partial charge in [-0.1, -0.05) is 12.2 Å². The van der Waals surface area contributed by atoms with Crippen LogP contribution in [0.15, 0.2) is 12.2 Å². The van der Waals surface area contributed by atoms with E-state index in [9.17, 15) is 5.11 Å². The summed E-state index contributed by atoms with van der Waals surface area (Å²) in [7, 11) is 0. The molecule has 2 saturated heterocycles. The molecule has 0 aromatic carbocycles. The molecule has 2 aliphatic heterocycles. The van der Waals surface area contributed by atoms with E-state index in [1.54, 1.807) is 0 Å². The first-order valence-corrected chi connectivity index (χ1v) is 8.04. The van der Waals surface area contributed by atoms with E-state index >= 15 is 0 Å². The van der Waals surface area contributed by atoms with Gasteiger partial charge in [-0.2, -0.15) is 0 Å². The number of aliphatic hydroxyl groups excluding tert-OH is 1. The Hall–Kier alpha value is -0.420. The van der Waals surface area contributed by atoms with Crippen molar-refractivity contribution in [3.63, 3.8) is 0 Å². The Morgan fingerprint density at radius 3 is 2.70 bits per heavy atom. The minimum Gasteiger partial charge on any atom is -0.391 e. The van der Waals surface area contributed by atoms with E-state index in [1.165, 1.54) is 0 Å². The predicted molar refractivity (Wildman–Crippen MR) is 77.3 cm³/mol. The molecule has 1 aliphatic carbocycles. The Bertz CT molecular complexity index is 352. The van der Waals surface area contributed by atoms with E-state index in [2.05, 4.69) is 30.9 Å². The molecule has 114 valence electrons. The van der Waals surface area contributed by atoms with Crippen LogP contribution in [0.1, 0.15) is 39.5 Å². The van der Waals surface area contributed by atoms with Crippen molar-refractivity contribution in [1.29, 1.82) is 0 Å². The SMILES string of the molecule is CC(C)N1[C@@H]2C=CC[C@@H]([C@@H]2O)[C@H]1CCC1OCCCO1. The molecule has 0 spiro atoms. The van der Waals surface area contributed by atoms with E-state index in [0.29, 0.717) is 18.0 Å². The molecule has 4 nitrogen and oxygen atoms in total. The zero-order valence-corrected chi connectivity index (χ0v) is 12.6. The number of aliphatic hydroxyl groups is 1. The summed E-state index contributed by atoms with van der Waals surface area (Å²) in [6, 6.07) is 1.10. The summed E-state index contributed by atoms with van der Waals surface area (Å²) < 4.78 is 11.3. The lowest BCUT2D eigenvalue weighted by Gasteiger charge is -2.34. The van der Waals surface area contributed by atoms with E-state index in [4.69, 9.17) is 9.47 Å². The fourth-order valence-electron chi connectivity index (χ4n) is 4.08. The van der Waals surface area contributed by atoms with Crippen LogP contribution in [-0.2, 0) is 9.47 Å². The van der Waals surface area contributed by atoms with Gasteiger partial charge in [0.15, 0.2) is 6.29 Å². The highest BCUT2D eigenvalue weighted by Gasteiger charge is 2.48. The van der Waals surface area contributed by atoms with Crippen molar-refractivity contribution in [3.05, 3.63) is 12.2 Å². The van der Waals surface area contributed by atoms with E-state index in [0.717, 1.165) is 38.9 Å². The molecule has 1 N–H and O–H groups in total. The third-order valence-electron chi connectivity index (χ3n) is 4.94. The number of allylic oxidation sites excluding steroid dienone is 1. The van der Waals surface area contributed by atoms with E-state index in [1.807, 2.05) is 0 Å². The van der Waals surface area contributed by atoms with Gasteiger partial charge in [-0.3, -0.25) is 4.90 Å². The normalized spacial score (nSPS) is 38.8. The molecule has 2 bridgehead atoms. The number of nitrogens with zero attached hydrogens (tertiary/aromatic N) is 1. The lowest BCUT2D eigenvalue weighted by atomic mass is 9.87. The second-order valence-electron chi connectivity index (χ2n) is 6.52. The summed E-state index contributed by atoms with van der Waals surface area (Å²) in [5.41, 5.74) is 0. The zero-order valence-electron chi connectivity index (χ0n) is 12.6. The highest BCUT2D eigenvalue weighted by Crippen LogP contribution is 2.40. The molecule has 4 heteroatoms. The molecule has 4 atom stereocenters. The van der Waals surface area contributed by atoms with Crippen molar-refractivity contribution < 1.29 is 14.6 Å². The second kappa shape index (κ2) is 6.14.